The zero-order valence-electron chi connectivity index (χ0n) is 13.5. The Bertz CT molecular complexity index is 460. The van der Waals surface area contributed by atoms with Gasteiger partial charge in [0.05, 0.1) is 0 Å². The maximum atomic E-state index is 11.6. The highest BCUT2D eigenvalue weighted by atomic mass is 16.5. The SMILES string of the molecule is CC[C@H](C)[C@@H]1NC[C@H](C)[C@H](c2ccccc2)[C@H]1OC(C)=O. The van der Waals surface area contributed by atoms with Crippen LogP contribution in [0.3, 0.4) is 0 Å². The third kappa shape index (κ3) is 3.65. The third-order valence-corrected chi connectivity index (χ3v) is 4.74. The van der Waals surface area contributed by atoms with Crippen molar-refractivity contribution >= 4 is 5.97 Å². The van der Waals surface area contributed by atoms with Gasteiger partial charge in [-0.05, 0) is 23.9 Å². The van der Waals surface area contributed by atoms with Crippen molar-refractivity contribution in [3.63, 3.8) is 0 Å². The quantitative estimate of drug-likeness (QED) is 0.864. The molecule has 3 nitrogen and oxygen atoms in total. The molecule has 1 N–H and O–H groups in total. The van der Waals surface area contributed by atoms with E-state index in [4.69, 9.17) is 4.74 Å². The van der Waals surface area contributed by atoms with E-state index in [9.17, 15) is 4.79 Å². The number of hydrogen-bond acceptors (Lipinski definition) is 3. The van der Waals surface area contributed by atoms with Crippen molar-refractivity contribution < 1.29 is 9.53 Å². The number of piperidine rings is 1. The Hall–Kier alpha value is -1.35. The van der Waals surface area contributed by atoms with Crippen molar-refractivity contribution in [3.8, 4) is 0 Å². The van der Waals surface area contributed by atoms with E-state index in [0.29, 0.717) is 11.8 Å². The van der Waals surface area contributed by atoms with Gasteiger partial charge in [-0.2, -0.15) is 0 Å². The van der Waals surface area contributed by atoms with E-state index < -0.39 is 0 Å². The molecule has 0 saturated carbocycles. The molecule has 0 aliphatic carbocycles. The van der Waals surface area contributed by atoms with Crippen molar-refractivity contribution in [1.82, 2.24) is 5.32 Å². The molecule has 3 heteroatoms. The highest BCUT2D eigenvalue weighted by Crippen LogP contribution is 2.37. The summed E-state index contributed by atoms with van der Waals surface area (Å²) < 4.78 is 5.76. The molecule has 1 aromatic rings. The number of rotatable bonds is 4. The van der Waals surface area contributed by atoms with E-state index in [2.05, 4.69) is 50.4 Å². The molecule has 0 radical (unpaired) electrons. The molecule has 0 spiro atoms. The number of carbonyl (C=O) groups excluding carboxylic acids is 1. The lowest BCUT2D eigenvalue weighted by Gasteiger charge is -2.44. The normalized spacial score (nSPS) is 30.7. The van der Waals surface area contributed by atoms with Crippen molar-refractivity contribution in [2.75, 3.05) is 6.54 Å². The topological polar surface area (TPSA) is 38.3 Å². The monoisotopic (exact) mass is 289 g/mol. The summed E-state index contributed by atoms with van der Waals surface area (Å²) in [5.41, 5.74) is 1.27. The van der Waals surface area contributed by atoms with Crippen molar-refractivity contribution in [2.24, 2.45) is 11.8 Å². The van der Waals surface area contributed by atoms with Crippen LogP contribution < -0.4 is 5.32 Å². The fourth-order valence-electron chi connectivity index (χ4n) is 3.42. The summed E-state index contributed by atoms with van der Waals surface area (Å²) in [4.78, 5) is 11.6. The van der Waals surface area contributed by atoms with E-state index in [0.717, 1.165) is 13.0 Å². The van der Waals surface area contributed by atoms with Gasteiger partial charge in [-0.15, -0.1) is 0 Å². The minimum atomic E-state index is -0.190. The van der Waals surface area contributed by atoms with Crippen LogP contribution in [-0.2, 0) is 9.53 Å². The number of ether oxygens (including phenoxy) is 1. The molecule has 2 rings (SSSR count). The van der Waals surface area contributed by atoms with Crippen LogP contribution in [0.2, 0.25) is 0 Å². The fourth-order valence-corrected chi connectivity index (χ4v) is 3.42. The second-order valence-electron chi connectivity index (χ2n) is 6.31. The standard InChI is InChI=1S/C18H27NO2/c1-5-12(2)17-18(21-14(4)20)16(13(3)11-19-17)15-9-7-6-8-10-15/h6-10,12-13,16-19H,5,11H2,1-4H3/t12-,13-,16+,17-,18+/m0/s1. The Balaban J connectivity index is 2.34. The minimum Gasteiger partial charge on any atom is -0.460 e. The molecule has 5 atom stereocenters. The molecule has 21 heavy (non-hydrogen) atoms. The van der Waals surface area contributed by atoms with Crippen LogP contribution >= 0.6 is 0 Å². The summed E-state index contributed by atoms with van der Waals surface area (Å²) >= 11 is 0. The van der Waals surface area contributed by atoms with Gasteiger partial charge in [0.25, 0.3) is 0 Å². The van der Waals surface area contributed by atoms with Crippen molar-refractivity contribution in [3.05, 3.63) is 35.9 Å². The molecule has 1 aliphatic heterocycles. The number of nitrogens with one attached hydrogen (secondary N) is 1. The predicted octanol–water partition coefficient (Wildman–Crippen LogP) is 3.36. The molecular formula is C18H27NO2. The molecule has 1 fully saturated rings. The highest BCUT2D eigenvalue weighted by molar-refractivity contribution is 5.66. The van der Waals surface area contributed by atoms with E-state index in [1.165, 1.54) is 12.5 Å². The average molecular weight is 289 g/mol. The first kappa shape index (κ1) is 16.0. The van der Waals surface area contributed by atoms with Crippen LogP contribution in [0, 0.1) is 11.8 Å². The van der Waals surface area contributed by atoms with Gasteiger partial charge in [0.1, 0.15) is 6.10 Å². The molecule has 116 valence electrons. The van der Waals surface area contributed by atoms with Gasteiger partial charge in [0.15, 0.2) is 0 Å². The summed E-state index contributed by atoms with van der Waals surface area (Å²) in [6.07, 6.45) is 0.981. The van der Waals surface area contributed by atoms with E-state index in [1.54, 1.807) is 0 Å². The van der Waals surface area contributed by atoms with E-state index in [1.807, 2.05) is 6.07 Å². The summed E-state index contributed by atoms with van der Waals surface area (Å²) in [5.74, 6) is 0.991. The third-order valence-electron chi connectivity index (χ3n) is 4.74. The average Bonchev–Trinajstić information content (AvgIpc) is 2.47. The Labute approximate surface area is 128 Å². The molecule has 1 saturated heterocycles. The molecule has 1 heterocycles. The molecule has 1 aliphatic rings. The van der Waals surface area contributed by atoms with Crippen molar-refractivity contribution in [2.45, 2.75) is 52.2 Å². The summed E-state index contributed by atoms with van der Waals surface area (Å²) in [7, 11) is 0. The number of hydrogen-bond donors (Lipinski definition) is 1. The molecule has 0 aromatic heterocycles. The van der Waals surface area contributed by atoms with Crippen LogP contribution in [-0.4, -0.2) is 24.7 Å². The van der Waals surface area contributed by atoms with Crippen LogP contribution in [0.15, 0.2) is 30.3 Å². The molecular weight excluding hydrogens is 262 g/mol. The smallest absolute Gasteiger partial charge is 0.302 e. The van der Waals surface area contributed by atoms with E-state index in [-0.39, 0.29) is 24.0 Å². The molecule has 1 aromatic carbocycles. The first-order valence-corrected chi connectivity index (χ1v) is 8.00. The van der Waals surface area contributed by atoms with Gasteiger partial charge in [-0.25, -0.2) is 0 Å². The summed E-state index contributed by atoms with van der Waals surface area (Å²) in [5, 5.41) is 3.60. The van der Waals surface area contributed by atoms with Gasteiger partial charge in [0, 0.05) is 18.9 Å². The Morgan fingerprint density at radius 1 is 1.38 bits per heavy atom. The second kappa shape index (κ2) is 7.08. The van der Waals surface area contributed by atoms with Gasteiger partial charge >= 0.3 is 5.97 Å². The zero-order chi connectivity index (χ0) is 15.4. The summed E-state index contributed by atoms with van der Waals surface area (Å²) in [6, 6.07) is 10.7. The minimum absolute atomic E-state index is 0.0939. The Morgan fingerprint density at radius 2 is 2.05 bits per heavy atom. The second-order valence-corrected chi connectivity index (χ2v) is 6.31. The van der Waals surface area contributed by atoms with E-state index >= 15 is 0 Å². The molecule has 0 amide bonds. The largest absolute Gasteiger partial charge is 0.460 e. The predicted molar refractivity (Wildman–Crippen MR) is 85.1 cm³/mol. The maximum absolute atomic E-state index is 11.6. The lowest BCUT2D eigenvalue weighted by Crippen LogP contribution is -2.56. The first-order valence-electron chi connectivity index (χ1n) is 8.00. The number of carbonyl (C=O) groups is 1. The Kier molecular flexibility index (Phi) is 5.40. The molecule has 0 unspecified atom stereocenters. The van der Waals surface area contributed by atoms with Crippen LogP contribution in [0.4, 0.5) is 0 Å². The first-order chi connectivity index (χ1) is 10.0. The van der Waals surface area contributed by atoms with Crippen LogP contribution in [0.1, 0.15) is 45.6 Å². The van der Waals surface area contributed by atoms with Crippen LogP contribution in [0.25, 0.3) is 0 Å². The number of esters is 1. The van der Waals surface area contributed by atoms with Gasteiger partial charge < -0.3 is 10.1 Å². The summed E-state index contributed by atoms with van der Waals surface area (Å²) in [6.45, 7) is 9.12. The fraction of sp³-hybridized carbons (Fsp3) is 0.611. The zero-order valence-corrected chi connectivity index (χ0v) is 13.5. The van der Waals surface area contributed by atoms with Gasteiger partial charge in [0.2, 0.25) is 0 Å². The maximum Gasteiger partial charge on any atom is 0.302 e. The number of benzene rings is 1. The lowest BCUT2D eigenvalue weighted by molar-refractivity contribution is -0.152. The van der Waals surface area contributed by atoms with Gasteiger partial charge in [-0.3, -0.25) is 4.79 Å². The highest BCUT2D eigenvalue weighted by Gasteiger charge is 2.42. The molecule has 0 bridgehead atoms. The van der Waals surface area contributed by atoms with Crippen LogP contribution in [0.5, 0.6) is 0 Å². The van der Waals surface area contributed by atoms with Crippen molar-refractivity contribution in [1.29, 1.82) is 0 Å². The van der Waals surface area contributed by atoms with Gasteiger partial charge in [-0.1, -0.05) is 57.5 Å². The Morgan fingerprint density at radius 3 is 2.62 bits per heavy atom. The lowest BCUT2D eigenvalue weighted by atomic mass is 9.74.